The molecule has 3 atom stereocenters. The summed E-state index contributed by atoms with van der Waals surface area (Å²) in [5, 5.41) is 0.704. The molecule has 2 aromatic carbocycles. The quantitative estimate of drug-likeness (QED) is 0.475. The SMILES string of the molecule is O=C1NS(=O)(=O)c2ccc3c(c2)N(CC2CCCN2C(=O)OCC2CCN1C2)C[C@@]1(CCCc2cc(Cl)ccc21)CO3. The van der Waals surface area contributed by atoms with E-state index >= 15 is 0 Å². The number of halogens is 1. The highest BCUT2D eigenvalue weighted by atomic mass is 35.5. The highest BCUT2D eigenvalue weighted by Crippen LogP contribution is 2.45. The van der Waals surface area contributed by atoms with Gasteiger partial charge in [0, 0.05) is 49.1 Å². The number of rotatable bonds is 0. The number of amides is 3. The number of benzene rings is 2. The average Bonchev–Trinajstić information content (AvgIpc) is 3.61. The second-order valence-corrected chi connectivity index (χ2v) is 14.4. The van der Waals surface area contributed by atoms with Crippen LogP contribution in [0.25, 0.3) is 0 Å². The number of aryl methyl sites for hydroxylation is 1. The smallest absolute Gasteiger partial charge is 0.410 e. The van der Waals surface area contributed by atoms with Crippen LogP contribution in [0, 0.1) is 5.92 Å². The molecule has 0 saturated carbocycles. The number of ether oxygens (including phenoxy) is 2. The largest absolute Gasteiger partial charge is 0.490 e. The van der Waals surface area contributed by atoms with Crippen LogP contribution in [-0.2, 0) is 26.6 Å². The molecule has 7 rings (SSSR count). The van der Waals surface area contributed by atoms with E-state index in [2.05, 4.69) is 15.7 Å². The van der Waals surface area contributed by atoms with Crippen molar-refractivity contribution in [2.75, 3.05) is 50.8 Å². The lowest BCUT2D eigenvalue weighted by Gasteiger charge is -2.42. The molecular weight excluding hydrogens is 580 g/mol. The minimum absolute atomic E-state index is 0.000468. The number of fused-ring (bicyclic) bond motifs is 6. The fraction of sp³-hybridized carbons (Fsp3) is 0.533. The number of sulfonamides is 1. The molecule has 2 aromatic rings. The minimum Gasteiger partial charge on any atom is -0.490 e. The molecule has 4 bridgehead atoms. The molecular formula is C30H35ClN4O6S. The standard InChI is InChI=1S/C30H35ClN4O6S/c31-22-5-7-25-21(13-22)3-1-10-30(25)18-34-16-23-4-2-11-35(23)29(37)40-17-20-9-12-33(15-20)28(36)32-42(38,39)24-6-8-27(41-19-30)26(34)14-24/h5-8,13-14,20,23H,1-4,9-12,15-19H2,(H,32,36)/t20?,23?,30-/m0/s1. The first-order valence-corrected chi connectivity index (χ1v) is 16.6. The van der Waals surface area contributed by atoms with Gasteiger partial charge in [0.2, 0.25) is 0 Å². The van der Waals surface area contributed by atoms with Gasteiger partial charge in [-0.05, 0) is 80.0 Å². The zero-order valence-electron chi connectivity index (χ0n) is 23.4. The number of carbonyl (C=O) groups excluding carboxylic acids is 2. The Morgan fingerprint density at radius 1 is 0.976 bits per heavy atom. The van der Waals surface area contributed by atoms with Gasteiger partial charge in [-0.3, -0.25) is 0 Å². The zero-order chi connectivity index (χ0) is 29.1. The number of hydrogen-bond donors (Lipinski definition) is 1. The third kappa shape index (κ3) is 4.94. The van der Waals surface area contributed by atoms with E-state index < -0.39 is 16.1 Å². The van der Waals surface area contributed by atoms with E-state index in [4.69, 9.17) is 21.1 Å². The first-order chi connectivity index (χ1) is 20.2. The van der Waals surface area contributed by atoms with E-state index in [1.54, 1.807) is 12.1 Å². The molecule has 10 nitrogen and oxygen atoms in total. The van der Waals surface area contributed by atoms with Crippen molar-refractivity contribution in [1.82, 2.24) is 14.5 Å². The molecule has 4 aliphatic heterocycles. The monoisotopic (exact) mass is 614 g/mol. The first-order valence-electron chi connectivity index (χ1n) is 14.8. The van der Waals surface area contributed by atoms with E-state index in [0.29, 0.717) is 62.2 Å². The van der Waals surface area contributed by atoms with E-state index in [-0.39, 0.29) is 35.0 Å². The maximum absolute atomic E-state index is 13.5. The van der Waals surface area contributed by atoms with Gasteiger partial charge < -0.3 is 24.2 Å². The lowest BCUT2D eigenvalue weighted by atomic mass is 9.70. The van der Waals surface area contributed by atoms with Crippen LogP contribution in [-0.4, -0.2) is 82.3 Å². The summed E-state index contributed by atoms with van der Waals surface area (Å²) in [6, 6.07) is 10.1. The van der Waals surface area contributed by atoms with Crippen molar-refractivity contribution < 1.29 is 27.5 Å². The van der Waals surface area contributed by atoms with Crippen LogP contribution < -0.4 is 14.4 Å². The summed E-state index contributed by atoms with van der Waals surface area (Å²) in [5.41, 5.74) is 2.70. The Bertz CT molecular complexity index is 1540. The van der Waals surface area contributed by atoms with Crippen molar-refractivity contribution in [1.29, 1.82) is 0 Å². The maximum Gasteiger partial charge on any atom is 0.410 e. The van der Waals surface area contributed by atoms with Crippen molar-refractivity contribution in [3.8, 4) is 5.75 Å². The highest BCUT2D eigenvalue weighted by Gasteiger charge is 2.43. The molecule has 2 saturated heterocycles. The van der Waals surface area contributed by atoms with Crippen molar-refractivity contribution in [2.24, 2.45) is 5.92 Å². The van der Waals surface area contributed by atoms with Gasteiger partial charge in [-0.1, -0.05) is 17.7 Å². The van der Waals surface area contributed by atoms with E-state index in [9.17, 15) is 18.0 Å². The zero-order valence-corrected chi connectivity index (χ0v) is 25.0. The van der Waals surface area contributed by atoms with Gasteiger partial charge in [0.05, 0.1) is 29.8 Å². The molecule has 2 fully saturated rings. The summed E-state index contributed by atoms with van der Waals surface area (Å²) in [6.07, 6.45) is 4.82. The lowest BCUT2D eigenvalue weighted by molar-refractivity contribution is 0.0855. The number of carbonyl (C=O) groups is 2. The normalized spacial score (nSPS) is 28.8. The Kier molecular flexibility index (Phi) is 6.92. The molecule has 42 heavy (non-hydrogen) atoms. The molecule has 1 spiro atoms. The van der Waals surface area contributed by atoms with Gasteiger partial charge in [-0.25, -0.2) is 22.7 Å². The summed E-state index contributed by atoms with van der Waals surface area (Å²) >= 11 is 6.37. The fourth-order valence-electron chi connectivity index (χ4n) is 7.44. The number of anilines is 1. The summed E-state index contributed by atoms with van der Waals surface area (Å²) in [6.45, 7) is 3.06. The van der Waals surface area contributed by atoms with Crippen molar-refractivity contribution in [3.63, 3.8) is 0 Å². The Balaban J connectivity index is 1.31. The second-order valence-electron chi connectivity index (χ2n) is 12.3. The molecule has 5 aliphatic rings. The molecule has 12 heteroatoms. The molecule has 0 radical (unpaired) electrons. The third-order valence-electron chi connectivity index (χ3n) is 9.60. The summed E-state index contributed by atoms with van der Waals surface area (Å²) < 4.78 is 41.4. The minimum atomic E-state index is -4.14. The van der Waals surface area contributed by atoms with E-state index in [1.807, 2.05) is 17.0 Å². The number of nitrogens with one attached hydrogen (secondary N) is 1. The Morgan fingerprint density at radius 3 is 2.74 bits per heavy atom. The van der Waals surface area contributed by atoms with Crippen molar-refractivity contribution >= 4 is 39.4 Å². The van der Waals surface area contributed by atoms with Gasteiger partial charge in [-0.2, -0.15) is 0 Å². The van der Waals surface area contributed by atoms with Gasteiger partial charge in [0.15, 0.2) is 0 Å². The lowest BCUT2D eigenvalue weighted by Crippen LogP contribution is -2.50. The molecule has 1 aliphatic carbocycles. The molecule has 2 unspecified atom stereocenters. The predicted octanol–water partition coefficient (Wildman–Crippen LogP) is 4.15. The van der Waals surface area contributed by atoms with Crippen molar-refractivity contribution in [3.05, 3.63) is 52.5 Å². The second kappa shape index (κ2) is 10.5. The number of nitrogens with zero attached hydrogens (tertiary/aromatic N) is 3. The van der Waals surface area contributed by atoms with E-state index in [0.717, 1.165) is 32.1 Å². The predicted molar refractivity (Wildman–Crippen MR) is 157 cm³/mol. The molecule has 224 valence electrons. The van der Waals surface area contributed by atoms with Gasteiger partial charge in [-0.15, -0.1) is 0 Å². The van der Waals surface area contributed by atoms with Gasteiger partial charge in [0.25, 0.3) is 10.0 Å². The number of cyclic esters (lactones) is 1. The Labute approximate surface area is 250 Å². The van der Waals surface area contributed by atoms with Crippen LogP contribution in [0.2, 0.25) is 5.02 Å². The fourth-order valence-corrected chi connectivity index (χ4v) is 8.63. The van der Waals surface area contributed by atoms with Crippen LogP contribution >= 0.6 is 11.6 Å². The number of urea groups is 1. The van der Waals surface area contributed by atoms with Crippen LogP contribution in [0.1, 0.15) is 43.2 Å². The van der Waals surface area contributed by atoms with Crippen LogP contribution in [0.5, 0.6) is 5.75 Å². The van der Waals surface area contributed by atoms with Gasteiger partial charge >= 0.3 is 12.1 Å². The van der Waals surface area contributed by atoms with Crippen LogP contribution in [0.3, 0.4) is 0 Å². The van der Waals surface area contributed by atoms with E-state index in [1.165, 1.54) is 22.1 Å². The molecule has 4 heterocycles. The summed E-state index contributed by atoms with van der Waals surface area (Å²) in [4.78, 5) is 31.7. The molecule has 0 aromatic heterocycles. The third-order valence-corrected chi connectivity index (χ3v) is 11.2. The summed E-state index contributed by atoms with van der Waals surface area (Å²) in [7, 11) is -4.14. The first kappa shape index (κ1) is 27.6. The van der Waals surface area contributed by atoms with Crippen LogP contribution in [0.15, 0.2) is 41.3 Å². The maximum atomic E-state index is 13.5. The van der Waals surface area contributed by atoms with Crippen molar-refractivity contribution in [2.45, 2.75) is 54.9 Å². The molecule has 1 N–H and O–H groups in total. The molecule has 3 amide bonds. The Morgan fingerprint density at radius 2 is 1.86 bits per heavy atom. The Hall–Kier alpha value is -3.18. The number of hydrogen-bond acceptors (Lipinski definition) is 7. The van der Waals surface area contributed by atoms with Crippen LogP contribution in [0.4, 0.5) is 15.3 Å². The average molecular weight is 615 g/mol. The topological polar surface area (TPSA) is 108 Å². The highest BCUT2D eigenvalue weighted by molar-refractivity contribution is 7.90. The van der Waals surface area contributed by atoms with Gasteiger partial charge in [0.1, 0.15) is 5.75 Å². The summed E-state index contributed by atoms with van der Waals surface area (Å²) in [5.74, 6) is 0.540.